The van der Waals surface area contributed by atoms with Crippen molar-refractivity contribution < 1.29 is 4.74 Å². The van der Waals surface area contributed by atoms with E-state index < -0.39 is 0 Å². The topological polar surface area (TPSA) is 49.8 Å². The summed E-state index contributed by atoms with van der Waals surface area (Å²) in [7, 11) is 3.83. The largest absolute Gasteiger partial charge is 0.374 e. The lowest BCUT2D eigenvalue weighted by molar-refractivity contribution is 0.0645. The molecule has 2 aromatic rings. The molecule has 136 valence electrons. The van der Waals surface area contributed by atoms with Crippen LogP contribution in [-0.4, -0.2) is 43.1 Å². The van der Waals surface area contributed by atoms with E-state index in [-0.39, 0.29) is 6.10 Å². The van der Waals surface area contributed by atoms with Crippen LogP contribution < -0.4 is 5.32 Å². The highest BCUT2D eigenvalue weighted by Crippen LogP contribution is 2.15. The molecule has 0 fully saturated rings. The average molecular weight is 361 g/mol. The predicted molar refractivity (Wildman–Crippen MR) is 105 cm³/mol. The second-order valence-corrected chi connectivity index (χ2v) is 7.03. The number of hydrogen-bond donors (Lipinski definition) is 1. The number of thiazole rings is 1. The Bertz CT molecular complexity index is 656. The molecule has 1 aromatic carbocycles. The minimum absolute atomic E-state index is 0.121. The molecule has 5 nitrogen and oxygen atoms in total. The first kappa shape index (κ1) is 19.4. The van der Waals surface area contributed by atoms with E-state index in [1.165, 1.54) is 5.56 Å². The molecule has 0 saturated heterocycles. The van der Waals surface area contributed by atoms with Crippen molar-refractivity contribution in [3.63, 3.8) is 0 Å². The molecular formula is C19H28N4OS. The summed E-state index contributed by atoms with van der Waals surface area (Å²) >= 11 is 1.68. The lowest BCUT2D eigenvalue weighted by Gasteiger charge is -2.21. The van der Waals surface area contributed by atoms with Crippen molar-refractivity contribution >= 4 is 17.3 Å². The quantitative estimate of drug-likeness (QED) is 0.444. The van der Waals surface area contributed by atoms with Gasteiger partial charge in [0.2, 0.25) is 0 Å². The van der Waals surface area contributed by atoms with Crippen LogP contribution >= 0.6 is 11.3 Å². The smallest absolute Gasteiger partial charge is 0.193 e. The molecule has 2 rings (SSSR count). The third-order valence-corrected chi connectivity index (χ3v) is 4.70. The maximum Gasteiger partial charge on any atom is 0.193 e. The summed E-state index contributed by atoms with van der Waals surface area (Å²) in [6.07, 6.45) is 1.05. The number of rotatable bonds is 8. The number of ether oxygens (including phenoxy) is 1. The van der Waals surface area contributed by atoms with Gasteiger partial charge in [-0.3, -0.25) is 4.99 Å². The molecule has 1 unspecified atom stereocenters. The van der Waals surface area contributed by atoms with Gasteiger partial charge in [0.25, 0.3) is 0 Å². The first-order valence-electron chi connectivity index (χ1n) is 8.59. The first-order chi connectivity index (χ1) is 12.1. The van der Waals surface area contributed by atoms with Crippen molar-refractivity contribution in [1.82, 2.24) is 15.2 Å². The molecule has 1 heterocycles. The van der Waals surface area contributed by atoms with Crippen LogP contribution in [0.25, 0.3) is 0 Å². The van der Waals surface area contributed by atoms with E-state index >= 15 is 0 Å². The molecule has 1 atom stereocenters. The Labute approximate surface area is 154 Å². The number of nitrogens with zero attached hydrogens (tertiary/aromatic N) is 3. The molecule has 0 amide bonds. The monoisotopic (exact) mass is 360 g/mol. The van der Waals surface area contributed by atoms with E-state index in [2.05, 4.69) is 44.6 Å². The second kappa shape index (κ2) is 10.2. The SMILES string of the molecule is CN=C(NCCCOC(C)c1ccccc1)N(C)Cc1csc(C)n1. The highest BCUT2D eigenvalue weighted by atomic mass is 32.1. The molecule has 0 aliphatic rings. The van der Waals surface area contributed by atoms with Gasteiger partial charge < -0.3 is 15.0 Å². The second-order valence-electron chi connectivity index (χ2n) is 5.97. The number of guanidine groups is 1. The summed E-state index contributed by atoms with van der Waals surface area (Å²) in [5.74, 6) is 0.877. The minimum atomic E-state index is 0.121. The standard InChI is InChI=1S/C19H28N4OS/c1-15(17-9-6-5-7-10-17)24-12-8-11-21-19(20-3)23(4)13-18-14-25-16(2)22-18/h5-7,9-10,14-15H,8,11-13H2,1-4H3,(H,20,21). The van der Waals surface area contributed by atoms with Crippen LogP contribution in [0.2, 0.25) is 0 Å². The summed E-state index contributed by atoms with van der Waals surface area (Å²) in [6, 6.07) is 10.3. The molecular weight excluding hydrogens is 332 g/mol. The Morgan fingerprint density at radius 2 is 2.12 bits per heavy atom. The molecule has 25 heavy (non-hydrogen) atoms. The fraction of sp³-hybridized carbons (Fsp3) is 0.474. The normalized spacial score (nSPS) is 12.9. The van der Waals surface area contributed by atoms with Gasteiger partial charge in [0, 0.05) is 32.6 Å². The van der Waals surface area contributed by atoms with E-state index in [0.717, 1.165) is 42.8 Å². The predicted octanol–water partition coefficient (Wildman–Crippen LogP) is 3.63. The van der Waals surface area contributed by atoms with E-state index in [1.807, 2.05) is 32.2 Å². The molecule has 0 radical (unpaired) electrons. The zero-order valence-corrected chi connectivity index (χ0v) is 16.3. The van der Waals surface area contributed by atoms with Crippen LogP contribution in [0.1, 0.15) is 35.7 Å². The molecule has 0 aliphatic carbocycles. The molecule has 0 bridgehead atoms. The highest BCUT2D eigenvalue weighted by molar-refractivity contribution is 7.09. The van der Waals surface area contributed by atoms with Gasteiger partial charge in [0.15, 0.2) is 5.96 Å². The van der Waals surface area contributed by atoms with Crippen LogP contribution in [0.4, 0.5) is 0 Å². The van der Waals surface area contributed by atoms with E-state index in [0.29, 0.717) is 0 Å². The van der Waals surface area contributed by atoms with Crippen LogP contribution in [0, 0.1) is 6.92 Å². The Morgan fingerprint density at radius 1 is 1.36 bits per heavy atom. The Hall–Kier alpha value is -1.92. The average Bonchev–Trinajstić information content (AvgIpc) is 3.03. The van der Waals surface area contributed by atoms with Crippen molar-refractivity contribution in [1.29, 1.82) is 0 Å². The van der Waals surface area contributed by atoms with E-state index in [9.17, 15) is 0 Å². The van der Waals surface area contributed by atoms with Crippen molar-refractivity contribution in [2.75, 3.05) is 27.2 Å². The lowest BCUT2D eigenvalue weighted by atomic mass is 10.1. The third kappa shape index (κ3) is 6.48. The van der Waals surface area contributed by atoms with Crippen LogP contribution in [0.15, 0.2) is 40.7 Å². The molecule has 6 heteroatoms. The van der Waals surface area contributed by atoms with Gasteiger partial charge in [-0.25, -0.2) is 4.98 Å². The van der Waals surface area contributed by atoms with Gasteiger partial charge >= 0.3 is 0 Å². The van der Waals surface area contributed by atoms with Crippen molar-refractivity contribution in [3.8, 4) is 0 Å². The Balaban J connectivity index is 1.67. The van der Waals surface area contributed by atoms with Gasteiger partial charge in [-0.2, -0.15) is 0 Å². The van der Waals surface area contributed by atoms with Crippen molar-refractivity contribution in [2.45, 2.75) is 32.9 Å². The number of hydrogen-bond acceptors (Lipinski definition) is 4. The Morgan fingerprint density at radius 3 is 2.76 bits per heavy atom. The number of aryl methyl sites for hydroxylation is 1. The molecule has 1 N–H and O–H groups in total. The molecule has 0 aliphatic heterocycles. The summed E-state index contributed by atoms with van der Waals surface area (Å²) in [4.78, 5) is 10.9. The Kier molecular flexibility index (Phi) is 7.88. The number of benzene rings is 1. The van der Waals surface area contributed by atoms with Gasteiger partial charge in [-0.15, -0.1) is 11.3 Å². The fourth-order valence-corrected chi connectivity index (χ4v) is 3.14. The number of aliphatic imine (C=N–C) groups is 1. The van der Waals surface area contributed by atoms with Gasteiger partial charge in [0.1, 0.15) is 0 Å². The lowest BCUT2D eigenvalue weighted by Crippen LogP contribution is -2.39. The van der Waals surface area contributed by atoms with Crippen LogP contribution in [0.3, 0.4) is 0 Å². The van der Waals surface area contributed by atoms with Gasteiger partial charge in [-0.05, 0) is 25.8 Å². The van der Waals surface area contributed by atoms with Crippen molar-refractivity contribution in [2.24, 2.45) is 4.99 Å². The van der Waals surface area contributed by atoms with Gasteiger partial charge in [0.05, 0.1) is 23.4 Å². The maximum absolute atomic E-state index is 5.90. The highest BCUT2D eigenvalue weighted by Gasteiger charge is 2.09. The zero-order chi connectivity index (χ0) is 18.1. The van der Waals surface area contributed by atoms with Crippen LogP contribution in [0.5, 0.6) is 0 Å². The maximum atomic E-state index is 5.90. The van der Waals surface area contributed by atoms with Crippen molar-refractivity contribution in [3.05, 3.63) is 52.0 Å². The summed E-state index contributed by atoms with van der Waals surface area (Å²) in [5.41, 5.74) is 2.29. The number of nitrogens with one attached hydrogen (secondary N) is 1. The van der Waals surface area contributed by atoms with E-state index in [4.69, 9.17) is 4.74 Å². The zero-order valence-electron chi connectivity index (χ0n) is 15.5. The van der Waals surface area contributed by atoms with E-state index in [1.54, 1.807) is 18.4 Å². The molecule has 0 saturated carbocycles. The summed E-state index contributed by atoms with van der Waals surface area (Å²) in [6.45, 7) is 6.41. The first-order valence-corrected chi connectivity index (χ1v) is 9.47. The van der Waals surface area contributed by atoms with Gasteiger partial charge in [-0.1, -0.05) is 30.3 Å². The molecule has 1 aromatic heterocycles. The van der Waals surface area contributed by atoms with Crippen LogP contribution in [-0.2, 0) is 11.3 Å². The molecule has 0 spiro atoms. The number of aromatic nitrogens is 1. The third-order valence-electron chi connectivity index (χ3n) is 3.88. The fourth-order valence-electron chi connectivity index (χ4n) is 2.54. The minimum Gasteiger partial charge on any atom is -0.374 e. The summed E-state index contributed by atoms with van der Waals surface area (Å²) < 4.78 is 5.90. The summed E-state index contributed by atoms with van der Waals surface area (Å²) in [5, 5.41) is 6.57.